The Labute approximate surface area is 225 Å². The minimum atomic E-state index is -0.873. The molecule has 0 saturated carbocycles. The van der Waals surface area contributed by atoms with Crippen molar-refractivity contribution in [1.29, 1.82) is 0 Å². The first-order chi connectivity index (χ1) is 18.3. The van der Waals surface area contributed by atoms with Crippen molar-refractivity contribution in [3.05, 3.63) is 101 Å². The van der Waals surface area contributed by atoms with E-state index in [1.807, 2.05) is 30.3 Å². The Kier molecular flexibility index (Phi) is 8.15. The molecule has 0 bridgehead atoms. The van der Waals surface area contributed by atoms with Gasteiger partial charge in [0.1, 0.15) is 18.2 Å². The second kappa shape index (κ2) is 11.5. The van der Waals surface area contributed by atoms with Gasteiger partial charge >= 0.3 is 0 Å². The van der Waals surface area contributed by atoms with Crippen molar-refractivity contribution in [3.63, 3.8) is 0 Å². The third-order valence-corrected chi connectivity index (χ3v) is 7.51. The molecule has 5 nitrogen and oxygen atoms in total. The number of benzene rings is 3. The van der Waals surface area contributed by atoms with E-state index >= 15 is 0 Å². The molecule has 5 rings (SSSR count). The van der Waals surface area contributed by atoms with Crippen molar-refractivity contribution in [2.75, 3.05) is 32.8 Å². The average molecular weight is 520 g/mol. The first-order valence-electron chi connectivity index (χ1n) is 13.6. The molecule has 0 aromatic heterocycles. The molecule has 202 valence electrons. The van der Waals surface area contributed by atoms with Crippen molar-refractivity contribution in [3.8, 4) is 5.75 Å². The second-order valence-corrected chi connectivity index (χ2v) is 11.3. The maximum atomic E-state index is 13.6. The molecule has 38 heavy (non-hydrogen) atoms. The van der Waals surface area contributed by atoms with Gasteiger partial charge in [-0.2, -0.15) is 0 Å². The molecule has 1 fully saturated rings. The van der Waals surface area contributed by atoms with Crippen LogP contribution >= 0.6 is 0 Å². The lowest BCUT2D eigenvalue weighted by Crippen LogP contribution is -2.46. The fourth-order valence-electron chi connectivity index (χ4n) is 5.27. The van der Waals surface area contributed by atoms with Crippen LogP contribution in [0.4, 0.5) is 4.39 Å². The third kappa shape index (κ3) is 6.44. The van der Waals surface area contributed by atoms with Crippen LogP contribution in [0.15, 0.2) is 72.8 Å². The molecule has 0 radical (unpaired) electrons. The fourth-order valence-corrected chi connectivity index (χ4v) is 5.27. The quantitative estimate of drug-likeness (QED) is 0.396. The number of β-amino-alcohol motifs (C(OH)–C–C–N with tert-alkyl or cyclic N) is 1. The highest BCUT2D eigenvalue weighted by Gasteiger charge is 2.42. The normalized spacial score (nSPS) is 20.9. The highest BCUT2D eigenvalue weighted by atomic mass is 19.1. The third-order valence-electron chi connectivity index (χ3n) is 7.51. The molecule has 1 N–H and O–H groups in total. The van der Waals surface area contributed by atoms with Gasteiger partial charge in [-0.25, -0.2) is 4.39 Å². The summed E-state index contributed by atoms with van der Waals surface area (Å²) in [5, 5.41) is 11.0. The van der Waals surface area contributed by atoms with Crippen LogP contribution in [0.25, 0.3) is 0 Å². The Hall–Kier alpha value is -2.77. The summed E-state index contributed by atoms with van der Waals surface area (Å²) < 4.78 is 32.3. The summed E-state index contributed by atoms with van der Waals surface area (Å²) in [6, 6.07) is 22.6. The molecular weight excluding hydrogens is 481 g/mol. The number of rotatable bonds is 8. The van der Waals surface area contributed by atoms with E-state index in [1.54, 1.807) is 12.1 Å². The molecule has 3 aromatic carbocycles. The fraction of sp³-hybridized carbons (Fsp3) is 0.438. The van der Waals surface area contributed by atoms with Crippen molar-refractivity contribution < 1.29 is 23.7 Å². The van der Waals surface area contributed by atoms with E-state index in [4.69, 9.17) is 14.2 Å². The lowest BCUT2D eigenvalue weighted by atomic mass is 9.92. The summed E-state index contributed by atoms with van der Waals surface area (Å²) in [6.45, 7) is 8.16. The zero-order valence-electron chi connectivity index (χ0n) is 22.4. The number of ether oxygens (including phenoxy) is 3. The van der Waals surface area contributed by atoms with Crippen LogP contribution in [0, 0.1) is 11.2 Å². The van der Waals surface area contributed by atoms with Gasteiger partial charge < -0.3 is 24.2 Å². The Balaban J connectivity index is 1.20. The Bertz CT molecular complexity index is 1190. The van der Waals surface area contributed by atoms with Gasteiger partial charge in [0, 0.05) is 30.5 Å². The first-order valence-corrected chi connectivity index (χ1v) is 13.6. The van der Waals surface area contributed by atoms with E-state index in [-0.39, 0.29) is 11.2 Å². The highest BCUT2D eigenvalue weighted by Crippen LogP contribution is 2.40. The van der Waals surface area contributed by atoms with Gasteiger partial charge in [-0.3, -0.25) is 0 Å². The summed E-state index contributed by atoms with van der Waals surface area (Å²) in [5.41, 5.74) is 4.02. The molecule has 3 aromatic rings. The predicted molar refractivity (Wildman–Crippen MR) is 145 cm³/mol. The monoisotopic (exact) mass is 519 g/mol. The first kappa shape index (κ1) is 26.8. The van der Waals surface area contributed by atoms with E-state index in [1.165, 1.54) is 12.1 Å². The lowest BCUT2D eigenvalue weighted by molar-refractivity contribution is -0.311. The van der Waals surface area contributed by atoms with Crippen LogP contribution in [0.2, 0.25) is 0 Å². The van der Waals surface area contributed by atoms with Gasteiger partial charge in [0.05, 0.1) is 19.3 Å². The maximum absolute atomic E-state index is 13.6. The molecule has 0 aliphatic carbocycles. The lowest BCUT2D eigenvalue weighted by Gasteiger charge is -2.44. The van der Waals surface area contributed by atoms with Gasteiger partial charge in [0.25, 0.3) is 0 Å². The van der Waals surface area contributed by atoms with Gasteiger partial charge in [-0.05, 0) is 60.3 Å². The molecule has 2 aliphatic heterocycles. The number of halogens is 1. The Morgan fingerprint density at radius 1 is 1.00 bits per heavy atom. The van der Waals surface area contributed by atoms with E-state index in [0.29, 0.717) is 32.8 Å². The maximum Gasteiger partial charge on any atom is 0.194 e. The molecule has 2 heterocycles. The van der Waals surface area contributed by atoms with Crippen molar-refractivity contribution in [1.82, 2.24) is 4.90 Å². The number of hydrogen-bond acceptors (Lipinski definition) is 5. The van der Waals surface area contributed by atoms with Gasteiger partial charge in [0.2, 0.25) is 0 Å². The predicted octanol–water partition coefficient (Wildman–Crippen LogP) is 6.00. The molecule has 1 saturated heterocycles. The molecule has 2 aliphatic rings. The second-order valence-electron chi connectivity index (χ2n) is 11.3. The number of nitrogens with zero attached hydrogens (tertiary/aromatic N) is 1. The van der Waals surface area contributed by atoms with Crippen LogP contribution in [-0.2, 0) is 28.3 Å². The van der Waals surface area contributed by atoms with Crippen molar-refractivity contribution >= 4 is 0 Å². The molecule has 1 unspecified atom stereocenters. The topological polar surface area (TPSA) is 51.2 Å². The number of aliphatic hydroxyl groups excluding tert-OH is 1. The van der Waals surface area contributed by atoms with Gasteiger partial charge in [-0.15, -0.1) is 0 Å². The smallest absolute Gasteiger partial charge is 0.194 e. The van der Waals surface area contributed by atoms with Gasteiger partial charge in [-0.1, -0.05) is 62.4 Å². The average Bonchev–Trinajstić information content (AvgIpc) is 3.08. The van der Waals surface area contributed by atoms with Crippen molar-refractivity contribution in [2.45, 2.75) is 51.6 Å². The SMILES string of the molecule is CC1(C)COC(CCCN2CCc3cc(OCc4ccccc4)ccc3C(O)C2)(c2ccc(F)cc2)OC1. The molecular formula is C32H38FNO4. The Morgan fingerprint density at radius 3 is 2.47 bits per heavy atom. The van der Waals surface area contributed by atoms with Crippen LogP contribution in [0.1, 0.15) is 55.0 Å². The number of fused-ring (bicyclic) bond motifs is 1. The van der Waals surface area contributed by atoms with Crippen LogP contribution in [0.3, 0.4) is 0 Å². The van der Waals surface area contributed by atoms with E-state index in [9.17, 15) is 9.50 Å². The van der Waals surface area contributed by atoms with Crippen LogP contribution in [0.5, 0.6) is 5.75 Å². The van der Waals surface area contributed by atoms with Gasteiger partial charge in [0.15, 0.2) is 5.79 Å². The zero-order chi connectivity index (χ0) is 26.6. The molecule has 1 atom stereocenters. The number of hydrogen-bond donors (Lipinski definition) is 1. The summed E-state index contributed by atoms with van der Waals surface area (Å²) in [4.78, 5) is 2.31. The Morgan fingerprint density at radius 2 is 1.74 bits per heavy atom. The summed E-state index contributed by atoms with van der Waals surface area (Å²) >= 11 is 0. The molecule has 6 heteroatoms. The number of aliphatic hydroxyl groups is 1. The van der Waals surface area contributed by atoms with Crippen molar-refractivity contribution in [2.24, 2.45) is 5.41 Å². The summed E-state index contributed by atoms with van der Waals surface area (Å²) in [6.07, 6.45) is 1.78. The summed E-state index contributed by atoms with van der Waals surface area (Å²) in [5.74, 6) is -0.322. The highest BCUT2D eigenvalue weighted by molar-refractivity contribution is 5.38. The largest absolute Gasteiger partial charge is 0.489 e. The zero-order valence-corrected chi connectivity index (χ0v) is 22.4. The molecule has 0 amide bonds. The summed E-state index contributed by atoms with van der Waals surface area (Å²) in [7, 11) is 0. The molecule has 0 spiro atoms. The van der Waals surface area contributed by atoms with E-state index in [2.05, 4.69) is 36.9 Å². The van der Waals surface area contributed by atoms with E-state index < -0.39 is 11.9 Å². The standard InChI is InChI=1S/C32H38FNO4/c1-31(2)22-37-32(38-23-31,26-9-11-27(33)12-10-26)16-6-17-34-18-15-25-19-28(13-14-29(25)30(35)20-34)36-21-24-7-4-3-5-8-24/h3-5,7-14,19,30,35H,6,15-18,20-23H2,1-2H3. The van der Waals surface area contributed by atoms with E-state index in [0.717, 1.165) is 53.9 Å². The van der Waals surface area contributed by atoms with Crippen LogP contribution < -0.4 is 4.74 Å². The minimum absolute atomic E-state index is 0.0616. The minimum Gasteiger partial charge on any atom is -0.489 e. The van der Waals surface area contributed by atoms with Crippen LogP contribution in [-0.4, -0.2) is 42.9 Å².